The topological polar surface area (TPSA) is 79.4 Å². The van der Waals surface area contributed by atoms with Crippen molar-refractivity contribution >= 4 is 17.7 Å². The standard InChI is InChI=1S/C21H29N5O2/c1-14(2)24-20-23-10-8-18(25-20)26(21(3,4)13-22-5)19(27)16-6-7-17-15(12-16)9-11-28-17/h6-8,10,12,14,22H,9,11,13H2,1-5H3,(H,23,24,25). The molecule has 0 atom stereocenters. The summed E-state index contributed by atoms with van der Waals surface area (Å²) in [5.41, 5.74) is 1.21. The highest BCUT2D eigenvalue weighted by atomic mass is 16.5. The molecule has 28 heavy (non-hydrogen) atoms. The number of likely N-dealkylation sites (N-methyl/N-ethyl adjacent to an activating group) is 1. The number of hydrogen-bond acceptors (Lipinski definition) is 6. The van der Waals surface area contributed by atoms with Gasteiger partial charge in [0.1, 0.15) is 11.6 Å². The van der Waals surface area contributed by atoms with Gasteiger partial charge in [-0.25, -0.2) is 4.98 Å². The summed E-state index contributed by atoms with van der Waals surface area (Å²) in [5.74, 6) is 1.85. The van der Waals surface area contributed by atoms with Gasteiger partial charge in [-0.1, -0.05) is 0 Å². The Labute approximate surface area is 166 Å². The molecule has 1 amide bonds. The van der Waals surface area contributed by atoms with E-state index < -0.39 is 5.54 Å². The number of fused-ring (bicyclic) bond motifs is 1. The van der Waals surface area contributed by atoms with Crippen molar-refractivity contribution in [3.8, 4) is 5.75 Å². The molecule has 1 aromatic heterocycles. The number of carbonyl (C=O) groups is 1. The third-order valence-electron chi connectivity index (χ3n) is 4.64. The van der Waals surface area contributed by atoms with E-state index in [9.17, 15) is 4.79 Å². The normalized spacial score (nSPS) is 13.2. The first-order valence-corrected chi connectivity index (χ1v) is 9.66. The van der Waals surface area contributed by atoms with E-state index in [0.717, 1.165) is 17.7 Å². The zero-order chi connectivity index (χ0) is 20.3. The molecular formula is C21H29N5O2. The molecule has 2 heterocycles. The van der Waals surface area contributed by atoms with Gasteiger partial charge < -0.3 is 15.4 Å². The van der Waals surface area contributed by atoms with Crippen LogP contribution in [0.5, 0.6) is 5.75 Å². The first kappa shape index (κ1) is 20.1. The van der Waals surface area contributed by atoms with Crippen molar-refractivity contribution in [3.63, 3.8) is 0 Å². The minimum Gasteiger partial charge on any atom is -0.493 e. The minimum absolute atomic E-state index is 0.0934. The molecule has 0 bridgehead atoms. The summed E-state index contributed by atoms with van der Waals surface area (Å²) in [4.78, 5) is 24.2. The van der Waals surface area contributed by atoms with Gasteiger partial charge in [-0.15, -0.1) is 0 Å². The summed E-state index contributed by atoms with van der Waals surface area (Å²) in [6.45, 7) is 9.37. The quantitative estimate of drug-likeness (QED) is 0.765. The van der Waals surface area contributed by atoms with E-state index in [-0.39, 0.29) is 11.9 Å². The summed E-state index contributed by atoms with van der Waals surface area (Å²) >= 11 is 0. The fourth-order valence-corrected chi connectivity index (χ4v) is 3.45. The van der Waals surface area contributed by atoms with Crippen molar-refractivity contribution < 1.29 is 9.53 Å². The molecule has 7 heteroatoms. The zero-order valence-corrected chi connectivity index (χ0v) is 17.2. The summed E-state index contributed by atoms with van der Waals surface area (Å²) in [7, 11) is 1.88. The van der Waals surface area contributed by atoms with E-state index in [0.29, 0.717) is 30.5 Å². The summed E-state index contributed by atoms with van der Waals surface area (Å²) in [6, 6.07) is 7.61. The Morgan fingerprint density at radius 1 is 1.32 bits per heavy atom. The number of carbonyl (C=O) groups excluding carboxylic acids is 1. The Morgan fingerprint density at radius 3 is 2.82 bits per heavy atom. The maximum absolute atomic E-state index is 13.6. The predicted molar refractivity (Wildman–Crippen MR) is 111 cm³/mol. The molecule has 2 N–H and O–H groups in total. The summed E-state index contributed by atoms with van der Waals surface area (Å²) < 4.78 is 5.57. The molecule has 0 unspecified atom stereocenters. The monoisotopic (exact) mass is 383 g/mol. The molecule has 150 valence electrons. The molecule has 7 nitrogen and oxygen atoms in total. The third-order valence-corrected chi connectivity index (χ3v) is 4.64. The van der Waals surface area contributed by atoms with Crippen molar-refractivity contribution in [2.75, 3.05) is 30.4 Å². The summed E-state index contributed by atoms with van der Waals surface area (Å²) in [6.07, 6.45) is 2.51. The van der Waals surface area contributed by atoms with Gasteiger partial charge in [-0.05, 0) is 64.6 Å². The maximum atomic E-state index is 13.6. The molecule has 2 aromatic rings. The molecule has 0 saturated carbocycles. The Bertz CT molecular complexity index is 850. The average Bonchev–Trinajstić information content (AvgIpc) is 3.09. The number of nitrogens with zero attached hydrogens (tertiary/aromatic N) is 3. The van der Waals surface area contributed by atoms with E-state index in [2.05, 4.69) is 20.6 Å². The van der Waals surface area contributed by atoms with Gasteiger partial charge in [0, 0.05) is 30.8 Å². The number of amides is 1. The largest absolute Gasteiger partial charge is 0.493 e. The molecule has 0 aliphatic carbocycles. The van der Waals surface area contributed by atoms with E-state index in [1.54, 1.807) is 17.2 Å². The maximum Gasteiger partial charge on any atom is 0.260 e. The van der Waals surface area contributed by atoms with Crippen molar-refractivity contribution in [1.29, 1.82) is 0 Å². The molecule has 0 spiro atoms. The van der Waals surface area contributed by atoms with E-state index >= 15 is 0 Å². The van der Waals surface area contributed by atoms with Crippen molar-refractivity contribution in [2.45, 2.75) is 45.7 Å². The van der Waals surface area contributed by atoms with Crippen LogP contribution in [-0.2, 0) is 6.42 Å². The summed E-state index contributed by atoms with van der Waals surface area (Å²) in [5, 5.41) is 6.38. The molecule has 0 fully saturated rings. The van der Waals surface area contributed by atoms with Crippen LogP contribution in [-0.4, -0.2) is 47.7 Å². The van der Waals surface area contributed by atoms with Crippen molar-refractivity contribution in [2.24, 2.45) is 0 Å². The second-order valence-corrected chi connectivity index (χ2v) is 7.94. The third kappa shape index (κ3) is 4.25. The fourth-order valence-electron chi connectivity index (χ4n) is 3.45. The van der Waals surface area contributed by atoms with Crippen LogP contribution in [0.2, 0.25) is 0 Å². The first-order valence-electron chi connectivity index (χ1n) is 9.66. The van der Waals surface area contributed by atoms with Crippen molar-refractivity contribution in [1.82, 2.24) is 15.3 Å². The molecule has 0 radical (unpaired) electrons. The van der Waals surface area contributed by atoms with E-state index in [1.165, 1.54) is 0 Å². The fraction of sp³-hybridized carbons (Fsp3) is 0.476. The Morgan fingerprint density at radius 2 is 2.11 bits per heavy atom. The highest BCUT2D eigenvalue weighted by Crippen LogP contribution is 2.29. The number of aromatic nitrogens is 2. The van der Waals surface area contributed by atoms with Gasteiger partial charge in [0.15, 0.2) is 0 Å². The van der Waals surface area contributed by atoms with Gasteiger partial charge in [0.25, 0.3) is 5.91 Å². The lowest BCUT2D eigenvalue weighted by molar-refractivity contribution is 0.0961. The van der Waals surface area contributed by atoms with Crippen LogP contribution in [0.25, 0.3) is 0 Å². The molecule has 1 aromatic carbocycles. The molecule has 1 aliphatic rings. The first-order chi connectivity index (χ1) is 13.3. The second kappa shape index (κ2) is 8.14. The van der Waals surface area contributed by atoms with E-state index in [4.69, 9.17) is 4.74 Å². The average molecular weight is 383 g/mol. The predicted octanol–water partition coefficient (Wildman–Crippen LogP) is 2.88. The lowest BCUT2D eigenvalue weighted by Gasteiger charge is -2.38. The Balaban J connectivity index is 2.01. The van der Waals surface area contributed by atoms with Crippen molar-refractivity contribution in [3.05, 3.63) is 41.6 Å². The van der Waals surface area contributed by atoms with Gasteiger partial charge in [-0.2, -0.15) is 4.98 Å². The number of hydrogen-bond donors (Lipinski definition) is 2. The van der Waals surface area contributed by atoms with Crippen LogP contribution in [0.4, 0.5) is 11.8 Å². The van der Waals surface area contributed by atoms with Crippen LogP contribution in [0.15, 0.2) is 30.5 Å². The van der Waals surface area contributed by atoms with Gasteiger partial charge in [0.2, 0.25) is 5.95 Å². The highest BCUT2D eigenvalue weighted by molar-refractivity contribution is 6.06. The molecule has 3 rings (SSSR count). The van der Waals surface area contributed by atoms with Gasteiger partial charge in [-0.3, -0.25) is 9.69 Å². The minimum atomic E-state index is -0.495. The SMILES string of the molecule is CNCC(C)(C)N(C(=O)c1ccc2c(c1)CCO2)c1ccnc(NC(C)C)n1. The number of anilines is 2. The molecule has 1 aliphatic heterocycles. The number of rotatable bonds is 7. The molecule has 0 saturated heterocycles. The van der Waals surface area contributed by atoms with E-state index in [1.807, 2.05) is 52.9 Å². The zero-order valence-electron chi connectivity index (χ0n) is 17.2. The van der Waals surface area contributed by atoms with Gasteiger partial charge in [0.05, 0.1) is 12.1 Å². The van der Waals surface area contributed by atoms with Crippen LogP contribution < -0.4 is 20.3 Å². The second-order valence-electron chi connectivity index (χ2n) is 7.94. The van der Waals surface area contributed by atoms with Crippen LogP contribution in [0, 0.1) is 0 Å². The van der Waals surface area contributed by atoms with Crippen LogP contribution >= 0.6 is 0 Å². The number of benzene rings is 1. The Hall–Kier alpha value is -2.67. The Kier molecular flexibility index (Phi) is 5.84. The van der Waals surface area contributed by atoms with Crippen LogP contribution in [0.1, 0.15) is 43.6 Å². The number of nitrogens with one attached hydrogen (secondary N) is 2. The van der Waals surface area contributed by atoms with Crippen LogP contribution in [0.3, 0.4) is 0 Å². The lowest BCUT2D eigenvalue weighted by atomic mass is 10.00. The smallest absolute Gasteiger partial charge is 0.260 e. The highest BCUT2D eigenvalue weighted by Gasteiger charge is 2.34. The lowest BCUT2D eigenvalue weighted by Crippen LogP contribution is -2.53. The molecular weight excluding hydrogens is 354 g/mol. The van der Waals surface area contributed by atoms with Gasteiger partial charge >= 0.3 is 0 Å². The number of ether oxygens (including phenoxy) is 1.